The smallest absolute Gasteiger partial charge is 0.258 e. The molecule has 0 atom stereocenters. The normalized spacial score (nSPS) is 12.7. The Morgan fingerprint density at radius 3 is 2.20 bits per heavy atom. The Labute approximate surface area is 242 Å². The molecule has 4 N–H and O–H groups in total. The number of nitrogens with zero attached hydrogens (tertiary/aromatic N) is 1. The molecule has 0 saturated carbocycles. The molecule has 0 aromatic heterocycles. The highest BCUT2D eigenvalue weighted by Crippen LogP contribution is 2.38. The molecule has 1 aliphatic rings. The standard InChI is InChI=1S/C30H29ClN4O6/c1-38-25-15-19(16-26(39-2)27(25)40-3)29(37)35-30(32)33-20-11-14-23(31)24(17-20)34-28(36)18-9-12-22(13-10-18)41-21-7-5-4-6-8-21/h5,7-17H,4,6H2,1-3H3,(H,34,36)(H3,32,33,35,37). The van der Waals surface area contributed by atoms with Gasteiger partial charge in [0, 0.05) is 11.1 Å². The van der Waals surface area contributed by atoms with E-state index in [0.29, 0.717) is 45.0 Å². The van der Waals surface area contributed by atoms with Gasteiger partial charge in [0.05, 0.1) is 37.7 Å². The number of ether oxygens (including phenoxy) is 4. The number of amides is 2. The van der Waals surface area contributed by atoms with Crippen LogP contribution in [0.2, 0.25) is 5.02 Å². The molecule has 3 aromatic rings. The van der Waals surface area contributed by atoms with Crippen molar-refractivity contribution in [3.05, 3.63) is 94.7 Å². The van der Waals surface area contributed by atoms with Crippen LogP contribution in [0.1, 0.15) is 33.6 Å². The lowest BCUT2D eigenvalue weighted by Crippen LogP contribution is -2.36. The van der Waals surface area contributed by atoms with Crippen molar-refractivity contribution in [1.29, 1.82) is 0 Å². The van der Waals surface area contributed by atoms with Gasteiger partial charge in [-0.15, -0.1) is 0 Å². The number of rotatable bonds is 9. The molecule has 41 heavy (non-hydrogen) atoms. The second-order valence-electron chi connectivity index (χ2n) is 8.70. The van der Waals surface area contributed by atoms with Crippen LogP contribution in [0.15, 0.2) is 83.6 Å². The Bertz CT molecular complexity index is 1510. The van der Waals surface area contributed by atoms with E-state index in [0.717, 1.165) is 18.6 Å². The van der Waals surface area contributed by atoms with E-state index in [1.54, 1.807) is 36.4 Å². The summed E-state index contributed by atoms with van der Waals surface area (Å²) in [5, 5.41) is 5.59. The third kappa shape index (κ3) is 7.37. The van der Waals surface area contributed by atoms with Crippen molar-refractivity contribution in [3.8, 4) is 23.0 Å². The highest BCUT2D eigenvalue weighted by atomic mass is 35.5. The topological polar surface area (TPSA) is 134 Å². The fourth-order valence-corrected chi connectivity index (χ4v) is 4.08. The van der Waals surface area contributed by atoms with Crippen LogP contribution in [0.4, 0.5) is 11.4 Å². The number of hydrogen-bond acceptors (Lipinski definition) is 7. The van der Waals surface area contributed by atoms with Crippen LogP contribution in [-0.2, 0) is 0 Å². The molecule has 0 saturated heterocycles. The van der Waals surface area contributed by atoms with E-state index in [-0.39, 0.29) is 17.4 Å². The van der Waals surface area contributed by atoms with Gasteiger partial charge in [-0.05, 0) is 79.6 Å². The van der Waals surface area contributed by atoms with Gasteiger partial charge in [0.25, 0.3) is 11.8 Å². The maximum Gasteiger partial charge on any atom is 0.258 e. The third-order valence-corrected chi connectivity index (χ3v) is 6.26. The molecule has 0 fully saturated rings. The Morgan fingerprint density at radius 2 is 1.59 bits per heavy atom. The minimum atomic E-state index is -0.545. The van der Waals surface area contributed by atoms with Crippen molar-refractivity contribution in [2.75, 3.05) is 26.6 Å². The first-order chi connectivity index (χ1) is 19.8. The first kappa shape index (κ1) is 29.0. The highest BCUT2D eigenvalue weighted by molar-refractivity contribution is 6.34. The molecule has 0 unspecified atom stereocenters. The summed E-state index contributed by atoms with van der Waals surface area (Å²) in [5.41, 5.74) is 7.29. The van der Waals surface area contributed by atoms with Gasteiger partial charge < -0.3 is 30.0 Å². The quantitative estimate of drug-likeness (QED) is 0.223. The van der Waals surface area contributed by atoms with E-state index >= 15 is 0 Å². The van der Waals surface area contributed by atoms with E-state index in [2.05, 4.69) is 21.7 Å². The van der Waals surface area contributed by atoms with Crippen molar-refractivity contribution >= 4 is 40.7 Å². The molecule has 0 bridgehead atoms. The summed E-state index contributed by atoms with van der Waals surface area (Å²) in [4.78, 5) is 29.9. The first-order valence-corrected chi connectivity index (χ1v) is 12.9. The molecular weight excluding hydrogens is 548 g/mol. The molecule has 0 radical (unpaired) electrons. The van der Waals surface area contributed by atoms with E-state index in [9.17, 15) is 9.59 Å². The molecule has 0 spiro atoms. The maximum absolute atomic E-state index is 12.9. The lowest BCUT2D eigenvalue weighted by atomic mass is 10.1. The van der Waals surface area contributed by atoms with Crippen LogP contribution in [0.3, 0.4) is 0 Å². The fourth-order valence-electron chi connectivity index (χ4n) is 3.92. The van der Waals surface area contributed by atoms with E-state index in [1.165, 1.54) is 39.5 Å². The van der Waals surface area contributed by atoms with Crippen LogP contribution in [0, 0.1) is 0 Å². The molecular formula is C30H29ClN4O6. The zero-order valence-corrected chi connectivity index (χ0v) is 23.5. The SMILES string of the molecule is COc1cc(C(=O)NC(N)=Nc2ccc(Cl)c(NC(=O)c3ccc(OC4=CCCC=C4)cc3)c2)cc(OC)c1OC. The van der Waals surface area contributed by atoms with Crippen molar-refractivity contribution in [1.82, 2.24) is 5.32 Å². The number of nitrogens with two attached hydrogens (primary N) is 1. The summed E-state index contributed by atoms with van der Waals surface area (Å²) in [6.45, 7) is 0. The molecule has 10 nitrogen and oxygen atoms in total. The number of guanidine groups is 1. The van der Waals surface area contributed by atoms with Crippen molar-refractivity contribution in [3.63, 3.8) is 0 Å². The number of halogens is 1. The minimum absolute atomic E-state index is 0.179. The Morgan fingerprint density at radius 1 is 0.878 bits per heavy atom. The lowest BCUT2D eigenvalue weighted by Gasteiger charge is -2.14. The number of methoxy groups -OCH3 is 3. The van der Waals surface area contributed by atoms with E-state index < -0.39 is 5.91 Å². The number of anilines is 1. The monoisotopic (exact) mass is 576 g/mol. The average molecular weight is 577 g/mol. The number of aliphatic imine (C=N–C) groups is 1. The molecule has 3 aromatic carbocycles. The zero-order chi connectivity index (χ0) is 29.4. The lowest BCUT2D eigenvalue weighted by molar-refractivity contribution is 0.0974. The predicted octanol–water partition coefficient (Wildman–Crippen LogP) is 5.61. The molecule has 1 aliphatic carbocycles. The van der Waals surface area contributed by atoms with Gasteiger partial charge in [0.1, 0.15) is 11.5 Å². The van der Waals surface area contributed by atoms with E-state index in [1.807, 2.05) is 12.2 Å². The third-order valence-electron chi connectivity index (χ3n) is 5.93. The Hall–Kier alpha value is -4.96. The Balaban J connectivity index is 1.44. The molecule has 2 amide bonds. The summed E-state index contributed by atoms with van der Waals surface area (Å²) in [6.07, 6.45) is 7.92. The maximum atomic E-state index is 12.9. The molecule has 212 valence electrons. The van der Waals surface area contributed by atoms with Crippen LogP contribution < -0.4 is 35.3 Å². The minimum Gasteiger partial charge on any atom is -0.493 e. The van der Waals surface area contributed by atoms with Crippen LogP contribution in [-0.4, -0.2) is 39.1 Å². The van der Waals surface area contributed by atoms with Gasteiger partial charge in [-0.3, -0.25) is 14.9 Å². The average Bonchev–Trinajstić information content (AvgIpc) is 2.98. The largest absolute Gasteiger partial charge is 0.493 e. The summed E-state index contributed by atoms with van der Waals surface area (Å²) >= 11 is 6.31. The summed E-state index contributed by atoms with van der Waals surface area (Å²) in [6, 6.07) is 14.4. The second kappa shape index (κ2) is 13.4. The number of allylic oxidation sites excluding steroid dienone is 3. The number of hydrogen-bond donors (Lipinski definition) is 3. The van der Waals surface area contributed by atoms with Gasteiger partial charge in [-0.2, -0.15) is 0 Å². The van der Waals surface area contributed by atoms with Crippen LogP contribution >= 0.6 is 11.6 Å². The number of nitrogens with one attached hydrogen (secondary N) is 2. The van der Waals surface area contributed by atoms with Gasteiger partial charge in [-0.1, -0.05) is 17.7 Å². The molecule has 11 heteroatoms. The molecule has 0 aliphatic heterocycles. The number of carbonyl (C=O) groups excluding carboxylic acids is 2. The van der Waals surface area contributed by atoms with Crippen LogP contribution in [0.25, 0.3) is 0 Å². The Kier molecular flexibility index (Phi) is 9.49. The summed E-state index contributed by atoms with van der Waals surface area (Å²) in [5.74, 6) is 1.27. The second-order valence-corrected chi connectivity index (χ2v) is 9.10. The number of benzene rings is 3. The van der Waals surface area contributed by atoms with Gasteiger partial charge >= 0.3 is 0 Å². The van der Waals surface area contributed by atoms with Gasteiger partial charge in [-0.25, -0.2) is 4.99 Å². The van der Waals surface area contributed by atoms with Crippen LogP contribution in [0.5, 0.6) is 23.0 Å². The fraction of sp³-hybridized carbons (Fsp3) is 0.167. The molecule has 4 rings (SSSR count). The van der Waals surface area contributed by atoms with Gasteiger partial charge in [0.2, 0.25) is 11.7 Å². The first-order valence-electron chi connectivity index (χ1n) is 12.5. The zero-order valence-electron chi connectivity index (χ0n) is 22.7. The van der Waals surface area contributed by atoms with Crippen molar-refractivity contribution < 1.29 is 28.5 Å². The summed E-state index contributed by atoms with van der Waals surface area (Å²) < 4.78 is 21.7. The van der Waals surface area contributed by atoms with E-state index in [4.69, 9.17) is 36.3 Å². The number of carbonyl (C=O) groups is 2. The summed E-state index contributed by atoms with van der Waals surface area (Å²) in [7, 11) is 4.36. The molecule has 0 heterocycles. The van der Waals surface area contributed by atoms with Crippen molar-refractivity contribution in [2.45, 2.75) is 12.8 Å². The van der Waals surface area contributed by atoms with Crippen molar-refractivity contribution in [2.24, 2.45) is 10.7 Å². The van der Waals surface area contributed by atoms with Gasteiger partial charge in [0.15, 0.2) is 11.5 Å². The highest BCUT2D eigenvalue weighted by Gasteiger charge is 2.18. The predicted molar refractivity (Wildman–Crippen MR) is 158 cm³/mol.